The van der Waals surface area contributed by atoms with Crippen LogP contribution in [0.4, 0.5) is 0 Å². The van der Waals surface area contributed by atoms with Gasteiger partial charge in [-0.25, -0.2) is 0 Å². The predicted octanol–water partition coefficient (Wildman–Crippen LogP) is 3.16. The van der Waals surface area contributed by atoms with Gasteiger partial charge in [-0.1, -0.05) is 42.5 Å². The molecule has 0 saturated heterocycles. The fraction of sp³-hybridized carbons (Fsp3) is 0.333. The summed E-state index contributed by atoms with van der Waals surface area (Å²) in [5, 5.41) is 10.1. The van der Waals surface area contributed by atoms with Crippen molar-refractivity contribution in [2.75, 3.05) is 6.61 Å². The summed E-state index contributed by atoms with van der Waals surface area (Å²) in [6.45, 7) is 0.570. The third-order valence-corrected chi connectivity index (χ3v) is 3.92. The lowest BCUT2D eigenvalue weighted by molar-refractivity contribution is 0.139. The molecule has 1 aliphatic rings. The summed E-state index contributed by atoms with van der Waals surface area (Å²) in [6.07, 6.45) is 3.02. The van der Waals surface area contributed by atoms with E-state index in [9.17, 15) is 5.11 Å². The van der Waals surface area contributed by atoms with Gasteiger partial charge in [0.05, 0.1) is 12.7 Å². The Balaban J connectivity index is 1.91. The van der Waals surface area contributed by atoms with E-state index in [4.69, 9.17) is 4.74 Å². The van der Waals surface area contributed by atoms with Crippen LogP contribution in [0.2, 0.25) is 0 Å². The largest absolute Gasteiger partial charge is 0.493 e. The van der Waals surface area contributed by atoms with Crippen LogP contribution in [-0.4, -0.2) is 17.8 Å². The smallest absolute Gasteiger partial charge is 0.122 e. The molecule has 1 unspecified atom stereocenters. The Labute approximate surface area is 120 Å². The molecule has 1 aliphatic heterocycles. The highest BCUT2D eigenvalue weighted by atomic mass is 16.5. The minimum Gasteiger partial charge on any atom is -0.493 e. The molecule has 2 aromatic rings. The Bertz CT molecular complexity index is 577. The van der Waals surface area contributed by atoms with Crippen LogP contribution in [-0.2, 0) is 19.3 Å². The van der Waals surface area contributed by atoms with Crippen molar-refractivity contribution < 1.29 is 9.84 Å². The normalized spacial score (nSPS) is 19.1. The number of fused-ring (bicyclic) bond motifs is 2. The van der Waals surface area contributed by atoms with E-state index in [0.717, 1.165) is 25.0 Å². The minimum atomic E-state index is -0.332. The molecule has 2 heteroatoms. The lowest BCUT2D eigenvalue weighted by Gasteiger charge is -2.13. The van der Waals surface area contributed by atoms with E-state index in [0.29, 0.717) is 13.0 Å². The van der Waals surface area contributed by atoms with E-state index >= 15 is 0 Å². The number of aliphatic hydroxyl groups excluding tert-OH is 1. The molecule has 20 heavy (non-hydrogen) atoms. The molecule has 3 rings (SSSR count). The third-order valence-electron chi connectivity index (χ3n) is 3.92. The van der Waals surface area contributed by atoms with Crippen molar-refractivity contribution in [2.45, 2.75) is 31.8 Å². The molecule has 2 nitrogen and oxygen atoms in total. The van der Waals surface area contributed by atoms with Gasteiger partial charge in [-0.15, -0.1) is 0 Å². The maximum absolute atomic E-state index is 10.1. The van der Waals surface area contributed by atoms with Crippen molar-refractivity contribution in [3.63, 3.8) is 0 Å². The zero-order valence-electron chi connectivity index (χ0n) is 11.6. The van der Waals surface area contributed by atoms with Gasteiger partial charge in [0, 0.05) is 6.42 Å². The van der Waals surface area contributed by atoms with Crippen molar-refractivity contribution >= 4 is 0 Å². The molecular weight excluding hydrogens is 248 g/mol. The second-order valence-corrected chi connectivity index (χ2v) is 5.37. The SMILES string of the molecule is OC1CCOc2ccccc2CCc2ccccc2C1. The van der Waals surface area contributed by atoms with Gasteiger partial charge in [0.15, 0.2) is 0 Å². The van der Waals surface area contributed by atoms with Crippen LogP contribution >= 0.6 is 0 Å². The van der Waals surface area contributed by atoms with Crippen LogP contribution in [0.25, 0.3) is 0 Å². The van der Waals surface area contributed by atoms with E-state index in [-0.39, 0.29) is 6.10 Å². The molecule has 2 aromatic carbocycles. The van der Waals surface area contributed by atoms with Crippen LogP contribution in [0.1, 0.15) is 23.1 Å². The molecule has 0 aromatic heterocycles. The summed E-state index contributed by atoms with van der Waals surface area (Å²) >= 11 is 0. The summed E-state index contributed by atoms with van der Waals surface area (Å²) in [6, 6.07) is 16.6. The minimum absolute atomic E-state index is 0.332. The highest BCUT2D eigenvalue weighted by Crippen LogP contribution is 2.23. The van der Waals surface area contributed by atoms with Crippen LogP contribution in [0.15, 0.2) is 48.5 Å². The van der Waals surface area contributed by atoms with E-state index < -0.39 is 0 Å². The molecule has 1 heterocycles. The van der Waals surface area contributed by atoms with Crippen LogP contribution < -0.4 is 4.74 Å². The Morgan fingerprint density at radius 1 is 0.850 bits per heavy atom. The van der Waals surface area contributed by atoms with Gasteiger partial charge in [-0.05, 0) is 42.0 Å². The Morgan fingerprint density at radius 3 is 2.35 bits per heavy atom. The number of hydrogen-bond acceptors (Lipinski definition) is 2. The molecule has 0 aliphatic carbocycles. The van der Waals surface area contributed by atoms with Gasteiger partial charge in [-0.3, -0.25) is 0 Å². The summed E-state index contributed by atoms with van der Waals surface area (Å²) in [5.41, 5.74) is 3.85. The predicted molar refractivity (Wildman–Crippen MR) is 80.1 cm³/mol. The molecular formula is C18H20O2. The molecule has 0 spiro atoms. The van der Waals surface area contributed by atoms with Crippen molar-refractivity contribution in [3.8, 4) is 5.75 Å². The second-order valence-electron chi connectivity index (χ2n) is 5.37. The topological polar surface area (TPSA) is 29.5 Å². The number of para-hydroxylation sites is 1. The fourth-order valence-electron chi connectivity index (χ4n) is 2.78. The maximum Gasteiger partial charge on any atom is 0.122 e. The van der Waals surface area contributed by atoms with Gasteiger partial charge in [-0.2, -0.15) is 0 Å². The number of benzene rings is 2. The molecule has 0 bridgehead atoms. The molecule has 1 atom stereocenters. The Hall–Kier alpha value is -1.80. The standard InChI is InChI=1S/C18H20O2/c19-17-11-12-20-18-8-4-3-6-15(18)10-9-14-5-1-2-7-16(14)13-17/h1-8,17,19H,9-13H2. The van der Waals surface area contributed by atoms with Gasteiger partial charge in [0.1, 0.15) is 5.75 Å². The third kappa shape index (κ3) is 3.02. The van der Waals surface area contributed by atoms with Gasteiger partial charge in [0.25, 0.3) is 0 Å². The van der Waals surface area contributed by atoms with E-state index in [2.05, 4.69) is 36.4 Å². The second kappa shape index (κ2) is 6.10. The average Bonchev–Trinajstić information content (AvgIpc) is 2.50. The molecule has 104 valence electrons. The van der Waals surface area contributed by atoms with Crippen LogP contribution in [0.5, 0.6) is 5.75 Å². The van der Waals surface area contributed by atoms with Crippen LogP contribution in [0, 0.1) is 0 Å². The Kier molecular flexibility index (Phi) is 4.03. The van der Waals surface area contributed by atoms with Gasteiger partial charge >= 0.3 is 0 Å². The van der Waals surface area contributed by atoms with E-state index in [1.165, 1.54) is 16.7 Å². The highest BCUT2D eigenvalue weighted by molar-refractivity contribution is 5.35. The summed E-state index contributed by atoms with van der Waals surface area (Å²) < 4.78 is 5.83. The zero-order valence-corrected chi connectivity index (χ0v) is 11.6. The number of ether oxygens (including phenoxy) is 1. The number of aryl methyl sites for hydroxylation is 2. The summed E-state index contributed by atoms with van der Waals surface area (Å²) in [5.74, 6) is 0.957. The van der Waals surface area contributed by atoms with E-state index in [1.807, 2.05) is 12.1 Å². The summed E-state index contributed by atoms with van der Waals surface area (Å²) in [7, 11) is 0. The van der Waals surface area contributed by atoms with Crippen LogP contribution in [0.3, 0.4) is 0 Å². The highest BCUT2D eigenvalue weighted by Gasteiger charge is 2.13. The first kappa shape index (κ1) is 13.2. The maximum atomic E-state index is 10.1. The van der Waals surface area contributed by atoms with E-state index in [1.54, 1.807) is 0 Å². The van der Waals surface area contributed by atoms with Crippen molar-refractivity contribution in [1.29, 1.82) is 0 Å². The molecule has 0 radical (unpaired) electrons. The molecule has 0 amide bonds. The molecule has 1 N–H and O–H groups in total. The zero-order chi connectivity index (χ0) is 13.8. The molecule has 0 saturated carbocycles. The first-order valence-corrected chi connectivity index (χ1v) is 7.28. The monoisotopic (exact) mass is 268 g/mol. The van der Waals surface area contributed by atoms with Gasteiger partial charge in [0.2, 0.25) is 0 Å². The quantitative estimate of drug-likeness (QED) is 0.795. The van der Waals surface area contributed by atoms with Crippen molar-refractivity contribution in [1.82, 2.24) is 0 Å². The lowest BCUT2D eigenvalue weighted by Crippen LogP contribution is -2.15. The first-order chi connectivity index (χ1) is 9.83. The van der Waals surface area contributed by atoms with Crippen molar-refractivity contribution in [3.05, 3.63) is 65.2 Å². The first-order valence-electron chi connectivity index (χ1n) is 7.28. The van der Waals surface area contributed by atoms with Crippen molar-refractivity contribution in [2.24, 2.45) is 0 Å². The fourth-order valence-corrected chi connectivity index (χ4v) is 2.78. The number of aliphatic hydroxyl groups is 1. The lowest BCUT2D eigenvalue weighted by atomic mass is 9.96. The Morgan fingerprint density at radius 2 is 1.50 bits per heavy atom. The van der Waals surface area contributed by atoms with Gasteiger partial charge < -0.3 is 9.84 Å². The number of hydrogen-bond donors (Lipinski definition) is 1. The molecule has 0 fully saturated rings. The summed E-state index contributed by atoms with van der Waals surface area (Å²) in [4.78, 5) is 0. The average molecular weight is 268 g/mol. The number of rotatable bonds is 0.